The second-order valence-electron chi connectivity index (χ2n) is 4.94. The Bertz CT molecular complexity index is 826. The molecule has 1 nitrogen and oxygen atoms in total. The molecule has 0 unspecified atom stereocenters. The Morgan fingerprint density at radius 3 is 2.35 bits per heavy atom. The maximum Gasteiger partial charge on any atom is 0.0470 e. The largest absolute Gasteiger partial charge is 0.354 e. The van der Waals surface area contributed by atoms with Crippen LogP contribution in [0.3, 0.4) is 0 Å². The first-order valence-electron chi connectivity index (χ1n) is 6.58. The molecule has 1 aliphatic heterocycles. The number of rotatable bonds is 1. The number of nitrogens with one attached hydrogen (secondary N) is 1. The van der Waals surface area contributed by atoms with Crippen molar-refractivity contribution in [3.8, 4) is 0 Å². The van der Waals surface area contributed by atoms with Crippen LogP contribution in [0.2, 0.25) is 0 Å². The van der Waals surface area contributed by atoms with Crippen molar-refractivity contribution in [1.82, 2.24) is 0 Å². The molecule has 3 aromatic rings. The molecule has 0 amide bonds. The van der Waals surface area contributed by atoms with E-state index < -0.39 is 0 Å². The summed E-state index contributed by atoms with van der Waals surface area (Å²) in [5.41, 5.74) is 4.79. The van der Waals surface area contributed by atoms with Gasteiger partial charge >= 0.3 is 0 Å². The van der Waals surface area contributed by atoms with Gasteiger partial charge in [0.15, 0.2) is 0 Å². The first-order chi connectivity index (χ1) is 9.81. The minimum atomic E-state index is 1.10. The van der Waals surface area contributed by atoms with Crippen molar-refractivity contribution >= 4 is 44.2 Å². The average molecular weight is 322 g/mol. The molecule has 0 saturated heterocycles. The SMILES string of the molecule is Brc1ccc(C2=Cc3cccc4cccc(c34)N2)cc1. The van der Waals surface area contributed by atoms with Gasteiger partial charge in [-0.05, 0) is 40.8 Å². The minimum absolute atomic E-state index is 1.10. The van der Waals surface area contributed by atoms with Crippen LogP contribution < -0.4 is 5.32 Å². The summed E-state index contributed by atoms with van der Waals surface area (Å²) in [7, 11) is 0. The Morgan fingerprint density at radius 2 is 1.55 bits per heavy atom. The highest BCUT2D eigenvalue weighted by Crippen LogP contribution is 2.35. The summed E-state index contributed by atoms with van der Waals surface area (Å²) in [6, 6.07) is 21.2. The highest BCUT2D eigenvalue weighted by atomic mass is 79.9. The molecular formula is C18H12BrN. The smallest absolute Gasteiger partial charge is 0.0470 e. The van der Waals surface area contributed by atoms with Gasteiger partial charge in [0.2, 0.25) is 0 Å². The zero-order chi connectivity index (χ0) is 13.5. The fourth-order valence-electron chi connectivity index (χ4n) is 2.72. The lowest BCUT2D eigenvalue weighted by atomic mass is 9.97. The number of anilines is 1. The van der Waals surface area contributed by atoms with Crippen LogP contribution in [0, 0.1) is 0 Å². The average Bonchev–Trinajstić information content (AvgIpc) is 2.48. The molecule has 0 aliphatic carbocycles. The highest BCUT2D eigenvalue weighted by molar-refractivity contribution is 9.10. The van der Waals surface area contributed by atoms with Crippen LogP contribution >= 0.6 is 15.9 Å². The Labute approximate surface area is 126 Å². The quantitative estimate of drug-likeness (QED) is 0.621. The first-order valence-corrected chi connectivity index (χ1v) is 7.37. The second kappa shape index (κ2) is 4.50. The van der Waals surface area contributed by atoms with E-state index in [-0.39, 0.29) is 0 Å². The van der Waals surface area contributed by atoms with E-state index in [0.29, 0.717) is 0 Å². The van der Waals surface area contributed by atoms with Crippen LogP contribution in [-0.4, -0.2) is 0 Å². The normalized spacial score (nSPS) is 12.9. The Morgan fingerprint density at radius 1 is 0.800 bits per heavy atom. The summed E-state index contributed by atoms with van der Waals surface area (Å²) in [5.74, 6) is 0. The minimum Gasteiger partial charge on any atom is -0.354 e. The summed E-state index contributed by atoms with van der Waals surface area (Å²) in [5, 5.41) is 6.12. The van der Waals surface area contributed by atoms with Crippen molar-refractivity contribution in [1.29, 1.82) is 0 Å². The lowest BCUT2D eigenvalue weighted by Gasteiger charge is -2.20. The molecule has 0 atom stereocenters. The van der Waals surface area contributed by atoms with Gasteiger partial charge in [0, 0.05) is 21.2 Å². The van der Waals surface area contributed by atoms with Crippen molar-refractivity contribution in [2.24, 2.45) is 0 Å². The monoisotopic (exact) mass is 321 g/mol. The maximum atomic E-state index is 3.54. The van der Waals surface area contributed by atoms with Crippen LogP contribution in [-0.2, 0) is 0 Å². The predicted molar refractivity (Wildman–Crippen MR) is 89.6 cm³/mol. The van der Waals surface area contributed by atoms with E-state index in [9.17, 15) is 0 Å². The highest BCUT2D eigenvalue weighted by Gasteiger charge is 2.13. The molecule has 0 aromatic heterocycles. The van der Waals surface area contributed by atoms with Gasteiger partial charge in [-0.3, -0.25) is 0 Å². The van der Waals surface area contributed by atoms with Gasteiger partial charge in [-0.2, -0.15) is 0 Å². The molecule has 0 bridgehead atoms. The lowest BCUT2D eigenvalue weighted by Crippen LogP contribution is -2.04. The molecule has 2 heteroatoms. The van der Waals surface area contributed by atoms with E-state index in [4.69, 9.17) is 0 Å². The Hall–Kier alpha value is -2.06. The fourth-order valence-corrected chi connectivity index (χ4v) is 2.98. The van der Waals surface area contributed by atoms with Crippen LogP contribution in [0.25, 0.3) is 22.5 Å². The molecule has 20 heavy (non-hydrogen) atoms. The van der Waals surface area contributed by atoms with E-state index in [1.54, 1.807) is 0 Å². The predicted octanol–water partition coefficient (Wildman–Crippen LogP) is 5.53. The Kier molecular flexibility index (Phi) is 2.64. The molecule has 3 aromatic carbocycles. The summed E-state index contributed by atoms with van der Waals surface area (Å²) in [6.45, 7) is 0. The summed E-state index contributed by atoms with van der Waals surface area (Å²) in [6.07, 6.45) is 2.22. The van der Waals surface area contributed by atoms with Gasteiger partial charge in [0.05, 0.1) is 0 Å². The van der Waals surface area contributed by atoms with Crippen LogP contribution in [0.5, 0.6) is 0 Å². The van der Waals surface area contributed by atoms with Crippen LogP contribution in [0.1, 0.15) is 11.1 Å². The van der Waals surface area contributed by atoms with Gasteiger partial charge in [-0.1, -0.05) is 58.4 Å². The van der Waals surface area contributed by atoms with Crippen molar-refractivity contribution in [2.75, 3.05) is 5.32 Å². The lowest BCUT2D eigenvalue weighted by molar-refractivity contribution is 1.52. The molecule has 1 heterocycles. The van der Waals surface area contributed by atoms with Gasteiger partial charge < -0.3 is 5.32 Å². The molecule has 0 saturated carbocycles. The molecular weight excluding hydrogens is 310 g/mol. The third-order valence-electron chi connectivity index (χ3n) is 3.66. The topological polar surface area (TPSA) is 12.0 Å². The molecule has 0 radical (unpaired) electrons. The van der Waals surface area contributed by atoms with Gasteiger partial charge in [0.25, 0.3) is 0 Å². The van der Waals surface area contributed by atoms with E-state index in [2.05, 4.69) is 88.0 Å². The van der Waals surface area contributed by atoms with Crippen molar-refractivity contribution in [3.05, 3.63) is 76.3 Å². The zero-order valence-electron chi connectivity index (χ0n) is 10.7. The number of benzene rings is 3. The maximum absolute atomic E-state index is 3.54. The van der Waals surface area contributed by atoms with E-state index in [0.717, 1.165) is 10.2 Å². The molecule has 1 N–H and O–H groups in total. The standard InChI is InChI=1S/C18H12BrN/c19-15-9-7-12(8-10-15)17-11-14-5-1-3-13-4-2-6-16(20-17)18(13)14/h1-11,20H. The van der Waals surface area contributed by atoms with Gasteiger partial charge in [0.1, 0.15) is 0 Å². The van der Waals surface area contributed by atoms with Crippen molar-refractivity contribution in [2.45, 2.75) is 0 Å². The number of hydrogen-bond acceptors (Lipinski definition) is 1. The fraction of sp³-hybridized carbons (Fsp3) is 0. The summed E-state index contributed by atoms with van der Waals surface area (Å²) < 4.78 is 1.10. The first kappa shape index (κ1) is 11.7. The molecule has 0 spiro atoms. The summed E-state index contributed by atoms with van der Waals surface area (Å²) in [4.78, 5) is 0. The van der Waals surface area contributed by atoms with Crippen molar-refractivity contribution < 1.29 is 0 Å². The van der Waals surface area contributed by atoms with Gasteiger partial charge in [-0.15, -0.1) is 0 Å². The van der Waals surface area contributed by atoms with Crippen molar-refractivity contribution in [3.63, 3.8) is 0 Å². The number of halogens is 1. The summed E-state index contributed by atoms with van der Waals surface area (Å²) >= 11 is 3.48. The van der Waals surface area contributed by atoms with E-state index >= 15 is 0 Å². The number of hydrogen-bond donors (Lipinski definition) is 1. The third-order valence-corrected chi connectivity index (χ3v) is 4.19. The van der Waals surface area contributed by atoms with E-state index in [1.165, 1.54) is 27.6 Å². The van der Waals surface area contributed by atoms with E-state index in [1.807, 2.05) is 0 Å². The van der Waals surface area contributed by atoms with Gasteiger partial charge in [-0.25, -0.2) is 0 Å². The van der Waals surface area contributed by atoms with Crippen LogP contribution in [0.4, 0.5) is 5.69 Å². The molecule has 1 aliphatic rings. The molecule has 4 rings (SSSR count). The zero-order valence-corrected chi connectivity index (χ0v) is 12.3. The van der Waals surface area contributed by atoms with Crippen LogP contribution in [0.15, 0.2) is 65.1 Å². The molecule has 0 fully saturated rings. The second-order valence-corrected chi connectivity index (χ2v) is 5.86. The third kappa shape index (κ3) is 1.84. The molecule has 96 valence electrons. The Balaban J connectivity index is 1.92.